The molecule has 0 saturated carbocycles. The molecule has 0 aliphatic carbocycles. The summed E-state index contributed by atoms with van der Waals surface area (Å²) >= 11 is 1.90. The van der Waals surface area contributed by atoms with Gasteiger partial charge in [0.15, 0.2) is 5.13 Å². The van der Waals surface area contributed by atoms with Crippen LogP contribution in [0.4, 0.5) is 5.13 Å². The Morgan fingerprint density at radius 1 is 1.40 bits per heavy atom. The average molecular weight is 295 g/mol. The number of nitrogens with zero attached hydrogens (tertiary/aromatic N) is 2. The van der Waals surface area contributed by atoms with Crippen molar-refractivity contribution >= 4 is 16.5 Å². The maximum atomic E-state index is 4.90. The standard InChI is InChI=1S/C16H29N3S/c1-5-13-8-7-9-19(11-13)16-18-14(6-2)15(20-16)10-17-12(3)4/h12-13,17H,5-11H2,1-4H3. The third-order valence-corrected chi connectivity index (χ3v) is 5.30. The Morgan fingerprint density at radius 3 is 2.85 bits per heavy atom. The van der Waals surface area contributed by atoms with Crippen LogP contribution in [-0.4, -0.2) is 24.1 Å². The SMILES string of the molecule is CCc1nc(N2CCCC(CC)C2)sc1CNC(C)C. The molecular formula is C16H29N3S. The summed E-state index contributed by atoms with van der Waals surface area (Å²) in [5.41, 5.74) is 1.29. The Hall–Kier alpha value is -0.610. The lowest BCUT2D eigenvalue weighted by atomic mass is 9.96. The first-order chi connectivity index (χ1) is 9.63. The van der Waals surface area contributed by atoms with Crippen LogP contribution in [0.1, 0.15) is 57.5 Å². The number of thiazole rings is 1. The second kappa shape index (κ2) is 7.41. The first-order valence-electron chi connectivity index (χ1n) is 8.10. The zero-order valence-corrected chi connectivity index (χ0v) is 14.2. The van der Waals surface area contributed by atoms with E-state index >= 15 is 0 Å². The molecule has 1 fully saturated rings. The largest absolute Gasteiger partial charge is 0.348 e. The van der Waals surface area contributed by atoms with Gasteiger partial charge in [-0.05, 0) is 25.2 Å². The number of aryl methyl sites for hydroxylation is 1. The Balaban J connectivity index is 2.07. The molecule has 2 rings (SSSR count). The number of piperidine rings is 1. The van der Waals surface area contributed by atoms with Crippen LogP contribution in [0.15, 0.2) is 0 Å². The van der Waals surface area contributed by atoms with Gasteiger partial charge in [0.1, 0.15) is 0 Å². The fraction of sp³-hybridized carbons (Fsp3) is 0.812. The summed E-state index contributed by atoms with van der Waals surface area (Å²) < 4.78 is 0. The maximum Gasteiger partial charge on any atom is 0.185 e. The third kappa shape index (κ3) is 3.95. The van der Waals surface area contributed by atoms with Crippen molar-refractivity contribution in [3.63, 3.8) is 0 Å². The summed E-state index contributed by atoms with van der Waals surface area (Å²) in [5, 5.41) is 4.78. The minimum Gasteiger partial charge on any atom is -0.348 e. The summed E-state index contributed by atoms with van der Waals surface area (Å²) in [6.45, 7) is 12.3. The van der Waals surface area contributed by atoms with Crippen LogP contribution >= 0.6 is 11.3 Å². The average Bonchev–Trinajstić information content (AvgIpc) is 2.88. The highest BCUT2D eigenvalue weighted by Crippen LogP contribution is 2.31. The molecular weight excluding hydrogens is 266 g/mol. The predicted octanol–water partition coefficient (Wildman–Crippen LogP) is 3.83. The highest BCUT2D eigenvalue weighted by molar-refractivity contribution is 7.15. The van der Waals surface area contributed by atoms with Crippen molar-refractivity contribution in [1.29, 1.82) is 0 Å². The van der Waals surface area contributed by atoms with Gasteiger partial charge in [-0.1, -0.05) is 34.1 Å². The first-order valence-corrected chi connectivity index (χ1v) is 8.92. The zero-order valence-electron chi connectivity index (χ0n) is 13.4. The van der Waals surface area contributed by atoms with Crippen molar-refractivity contribution in [3.05, 3.63) is 10.6 Å². The van der Waals surface area contributed by atoms with Gasteiger partial charge >= 0.3 is 0 Å². The highest BCUT2D eigenvalue weighted by Gasteiger charge is 2.22. The van der Waals surface area contributed by atoms with E-state index in [0.717, 1.165) is 18.9 Å². The van der Waals surface area contributed by atoms with Gasteiger partial charge in [-0.2, -0.15) is 0 Å². The maximum absolute atomic E-state index is 4.90. The van der Waals surface area contributed by atoms with Crippen LogP contribution < -0.4 is 10.2 Å². The van der Waals surface area contributed by atoms with E-state index in [1.54, 1.807) is 0 Å². The molecule has 1 aliphatic rings. The summed E-state index contributed by atoms with van der Waals surface area (Å²) in [6.07, 6.45) is 5.04. The van der Waals surface area contributed by atoms with Crippen molar-refractivity contribution in [2.24, 2.45) is 5.92 Å². The van der Waals surface area contributed by atoms with E-state index in [1.807, 2.05) is 11.3 Å². The molecule has 1 saturated heterocycles. The number of hydrogen-bond donors (Lipinski definition) is 1. The van der Waals surface area contributed by atoms with Crippen molar-refractivity contribution in [3.8, 4) is 0 Å². The first kappa shape index (κ1) is 15.8. The number of aromatic nitrogens is 1. The lowest BCUT2D eigenvalue weighted by molar-refractivity contribution is 0.404. The van der Waals surface area contributed by atoms with E-state index < -0.39 is 0 Å². The van der Waals surface area contributed by atoms with Gasteiger partial charge in [-0.15, -0.1) is 11.3 Å². The summed E-state index contributed by atoms with van der Waals surface area (Å²) in [5.74, 6) is 0.856. The minimum absolute atomic E-state index is 0.532. The van der Waals surface area contributed by atoms with Gasteiger partial charge in [0.2, 0.25) is 0 Å². The van der Waals surface area contributed by atoms with Gasteiger partial charge in [0.05, 0.1) is 5.69 Å². The Morgan fingerprint density at radius 2 is 2.20 bits per heavy atom. The van der Waals surface area contributed by atoms with E-state index in [2.05, 4.69) is 37.9 Å². The molecule has 1 aliphatic heterocycles. The van der Waals surface area contributed by atoms with Gasteiger partial charge < -0.3 is 10.2 Å². The van der Waals surface area contributed by atoms with E-state index in [-0.39, 0.29) is 0 Å². The number of nitrogens with one attached hydrogen (secondary N) is 1. The Labute approximate surface area is 127 Å². The van der Waals surface area contributed by atoms with E-state index in [0.29, 0.717) is 6.04 Å². The van der Waals surface area contributed by atoms with Crippen LogP contribution in [0.25, 0.3) is 0 Å². The highest BCUT2D eigenvalue weighted by atomic mass is 32.1. The fourth-order valence-corrected chi connectivity index (χ4v) is 3.92. The second-order valence-electron chi connectivity index (χ2n) is 6.12. The molecule has 1 atom stereocenters. The van der Waals surface area contributed by atoms with Crippen molar-refractivity contribution < 1.29 is 0 Å². The number of anilines is 1. The van der Waals surface area contributed by atoms with E-state index in [4.69, 9.17) is 4.98 Å². The molecule has 1 aromatic heterocycles. The minimum atomic E-state index is 0.532. The van der Waals surface area contributed by atoms with Crippen LogP contribution in [0, 0.1) is 5.92 Å². The molecule has 1 N–H and O–H groups in total. The van der Waals surface area contributed by atoms with Gasteiger partial charge in [0.25, 0.3) is 0 Å². The molecule has 2 heterocycles. The van der Waals surface area contributed by atoms with Gasteiger partial charge in [0, 0.05) is 30.6 Å². The number of hydrogen-bond acceptors (Lipinski definition) is 4. The fourth-order valence-electron chi connectivity index (χ4n) is 2.79. The molecule has 1 aromatic rings. The molecule has 114 valence electrons. The number of rotatable bonds is 6. The lowest BCUT2D eigenvalue weighted by Gasteiger charge is -2.31. The summed E-state index contributed by atoms with van der Waals surface area (Å²) in [6, 6.07) is 0.532. The molecule has 1 unspecified atom stereocenters. The predicted molar refractivity (Wildman–Crippen MR) is 88.7 cm³/mol. The quantitative estimate of drug-likeness (QED) is 0.864. The van der Waals surface area contributed by atoms with Crippen LogP contribution in [0.3, 0.4) is 0 Å². The molecule has 0 bridgehead atoms. The van der Waals surface area contributed by atoms with Crippen molar-refractivity contribution in [2.75, 3.05) is 18.0 Å². The molecule has 4 heteroatoms. The van der Waals surface area contributed by atoms with Crippen molar-refractivity contribution in [1.82, 2.24) is 10.3 Å². The summed E-state index contributed by atoms with van der Waals surface area (Å²) in [7, 11) is 0. The molecule has 20 heavy (non-hydrogen) atoms. The molecule has 3 nitrogen and oxygen atoms in total. The molecule has 0 spiro atoms. The van der Waals surface area contributed by atoms with E-state index in [1.165, 1.54) is 48.1 Å². The molecule has 0 aromatic carbocycles. The molecule has 0 amide bonds. The normalized spacial score (nSPS) is 19.9. The lowest BCUT2D eigenvalue weighted by Crippen LogP contribution is -2.35. The molecule has 0 radical (unpaired) electrons. The van der Waals surface area contributed by atoms with Crippen LogP contribution in [0.2, 0.25) is 0 Å². The van der Waals surface area contributed by atoms with Crippen LogP contribution in [0.5, 0.6) is 0 Å². The topological polar surface area (TPSA) is 28.2 Å². The van der Waals surface area contributed by atoms with Crippen LogP contribution in [-0.2, 0) is 13.0 Å². The Bertz CT molecular complexity index is 414. The monoisotopic (exact) mass is 295 g/mol. The Kier molecular flexibility index (Phi) is 5.85. The second-order valence-corrected chi connectivity index (χ2v) is 7.18. The zero-order chi connectivity index (χ0) is 14.5. The smallest absolute Gasteiger partial charge is 0.185 e. The van der Waals surface area contributed by atoms with Gasteiger partial charge in [-0.25, -0.2) is 4.98 Å². The van der Waals surface area contributed by atoms with Gasteiger partial charge in [-0.3, -0.25) is 0 Å². The summed E-state index contributed by atoms with van der Waals surface area (Å²) in [4.78, 5) is 8.84. The van der Waals surface area contributed by atoms with E-state index in [9.17, 15) is 0 Å². The third-order valence-electron chi connectivity index (χ3n) is 4.14. The van der Waals surface area contributed by atoms with Crippen molar-refractivity contribution in [2.45, 2.75) is 66.0 Å².